The van der Waals surface area contributed by atoms with Crippen molar-refractivity contribution in [3.05, 3.63) is 77.0 Å². The van der Waals surface area contributed by atoms with E-state index in [0.29, 0.717) is 5.02 Å². The zero-order chi connectivity index (χ0) is 20.8. The molecule has 4 nitrogen and oxygen atoms in total. The predicted molar refractivity (Wildman–Crippen MR) is 120 cm³/mol. The molecule has 4 rings (SSSR count). The van der Waals surface area contributed by atoms with Gasteiger partial charge in [-0.25, -0.2) is 4.39 Å². The van der Waals surface area contributed by atoms with Gasteiger partial charge >= 0.3 is 0 Å². The van der Waals surface area contributed by atoms with E-state index in [1.165, 1.54) is 17.7 Å². The maximum absolute atomic E-state index is 13.1. The van der Waals surface area contributed by atoms with Crippen molar-refractivity contribution in [2.45, 2.75) is 24.2 Å². The van der Waals surface area contributed by atoms with Gasteiger partial charge in [0.1, 0.15) is 12.1 Å². The molecule has 0 atom stereocenters. The van der Waals surface area contributed by atoms with Crippen LogP contribution in [0.25, 0.3) is 0 Å². The number of ether oxygens (including phenoxy) is 2. The number of thioether (sulfide) groups is 1. The summed E-state index contributed by atoms with van der Waals surface area (Å²) in [5.41, 5.74) is 1.18. The molecule has 1 fully saturated rings. The van der Waals surface area contributed by atoms with Crippen LogP contribution in [0.2, 0.25) is 5.02 Å². The first-order valence-corrected chi connectivity index (χ1v) is 11.7. The van der Waals surface area contributed by atoms with Gasteiger partial charge in [-0.3, -0.25) is 4.90 Å². The number of halogens is 2. The van der Waals surface area contributed by atoms with Crippen molar-refractivity contribution in [1.82, 2.24) is 9.80 Å². The van der Waals surface area contributed by atoms with Crippen LogP contribution in [0.3, 0.4) is 0 Å². The van der Waals surface area contributed by atoms with Crippen molar-refractivity contribution >= 4 is 23.4 Å². The van der Waals surface area contributed by atoms with Gasteiger partial charge in [0, 0.05) is 31.1 Å². The summed E-state index contributed by atoms with van der Waals surface area (Å²) >= 11 is 7.77. The molecule has 7 heteroatoms. The molecule has 160 valence electrons. The van der Waals surface area contributed by atoms with Crippen LogP contribution in [-0.4, -0.2) is 48.3 Å². The zero-order valence-electron chi connectivity index (χ0n) is 16.9. The second-order valence-electron chi connectivity index (χ2n) is 7.44. The summed E-state index contributed by atoms with van der Waals surface area (Å²) in [4.78, 5) is 5.64. The van der Waals surface area contributed by atoms with Crippen LogP contribution in [0.5, 0.6) is 0 Å². The van der Waals surface area contributed by atoms with Gasteiger partial charge in [0.05, 0.1) is 5.02 Å². The summed E-state index contributed by atoms with van der Waals surface area (Å²) in [5, 5.41) is 0.491. The molecule has 0 N–H and O–H groups in total. The lowest BCUT2D eigenvalue weighted by atomic mass is 10.0. The zero-order valence-corrected chi connectivity index (χ0v) is 18.4. The molecule has 2 heterocycles. The third-order valence-electron chi connectivity index (χ3n) is 5.36. The number of allylic oxidation sites excluding steroid dienone is 4. The Morgan fingerprint density at radius 3 is 2.67 bits per heavy atom. The summed E-state index contributed by atoms with van der Waals surface area (Å²) in [7, 11) is 0. The molecule has 0 unspecified atom stereocenters. The summed E-state index contributed by atoms with van der Waals surface area (Å²) < 4.78 is 24.8. The number of benzene rings is 1. The lowest BCUT2D eigenvalue weighted by molar-refractivity contribution is 0.0848. The van der Waals surface area contributed by atoms with Crippen molar-refractivity contribution in [2.75, 3.05) is 38.5 Å². The monoisotopic (exact) mass is 448 g/mol. The van der Waals surface area contributed by atoms with Gasteiger partial charge in [-0.05, 0) is 55.3 Å². The number of rotatable bonds is 7. The van der Waals surface area contributed by atoms with Gasteiger partial charge in [-0.1, -0.05) is 29.8 Å². The van der Waals surface area contributed by atoms with Crippen LogP contribution in [0.15, 0.2) is 71.1 Å². The summed E-state index contributed by atoms with van der Waals surface area (Å²) in [6.45, 7) is 4.87. The topological polar surface area (TPSA) is 24.9 Å². The van der Waals surface area contributed by atoms with Crippen LogP contribution in [0, 0.1) is 5.82 Å². The van der Waals surface area contributed by atoms with E-state index < -0.39 is 0 Å². The summed E-state index contributed by atoms with van der Waals surface area (Å²) in [5.74, 6) is 2.26. The van der Waals surface area contributed by atoms with E-state index in [9.17, 15) is 4.39 Å². The van der Waals surface area contributed by atoms with E-state index in [0.717, 1.165) is 74.3 Å². The standard InChI is InChI=1S/C23H26ClFN2O2S/c24-20-15-19(25)7-8-22(20)30-14-4-9-26-10-12-27(13-11-26)23-17-28-21(16-29-23)18-5-2-1-3-6-18/h1-2,5,7-8,15-17H,3-4,6,9-14H2. The number of hydrogen-bond acceptors (Lipinski definition) is 5. The van der Waals surface area contributed by atoms with Gasteiger partial charge in [0.2, 0.25) is 5.88 Å². The van der Waals surface area contributed by atoms with Crippen LogP contribution in [-0.2, 0) is 9.47 Å². The Balaban J connectivity index is 1.15. The van der Waals surface area contributed by atoms with Crippen molar-refractivity contribution in [3.63, 3.8) is 0 Å². The maximum Gasteiger partial charge on any atom is 0.231 e. The molecule has 3 aliphatic rings. The fourth-order valence-corrected chi connectivity index (χ4v) is 4.83. The Morgan fingerprint density at radius 1 is 1.10 bits per heavy atom. The lowest BCUT2D eigenvalue weighted by Crippen LogP contribution is -2.46. The van der Waals surface area contributed by atoms with Crippen LogP contribution >= 0.6 is 23.4 Å². The van der Waals surface area contributed by atoms with Gasteiger partial charge in [-0.2, -0.15) is 0 Å². The van der Waals surface area contributed by atoms with E-state index in [1.807, 2.05) is 0 Å². The summed E-state index contributed by atoms with van der Waals surface area (Å²) in [6.07, 6.45) is 12.9. The average molecular weight is 449 g/mol. The molecule has 0 saturated carbocycles. The normalized spacial score (nSPS) is 19.5. The highest BCUT2D eigenvalue weighted by Gasteiger charge is 2.22. The molecule has 1 aliphatic carbocycles. The molecule has 0 amide bonds. The van der Waals surface area contributed by atoms with Gasteiger partial charge < -0.3 is 14.4 Å². The van der Waals surface area contributed by atoms with Crippen molar-refractivity contribution in [2.24, 2.45) is 0 Å². The molecule has 1 aromatic carbocycles. The molecular weight excluding hydrogens is 423 g/mol. The summed E-state index contributed by atoms with van der Waals surface area (Å²) in [6, 6.07) is 4.58. The smallest absolute Gasteiger partial charge is 0.231 e. The Kier molecular flexibility index (Phi) is 7.42. The van der Waals surface area contributed by atoms with Crippen molar-refractivity contribution in [3.8, 4) is 0 Å². The molecule has 2 aliphatic heterocycles. The second kappa shape index (κ2) is 10.4. The Morgan fingerprint density at radius 2 is 1.97 bits per heavy atom. The molecule has 0 bridgehead atoms. The highest BCUT2D eigenvalue weighted by atomic mass is 35.5. The van der Waals surface area contributed by atoms with E-state index in [4.69, 9.17) is 21.1 Å². The molecule has 1 saturated heterocycles. The predicted octanol–water partition coefficient (Wildman–Crippen LogP) is 5.54. The number of hydrogen-bond donors (Lipinski definition) is 0. The highest BCUT2D eigenvalue weighted by molar-refractivity contribution is 7.99. The molecular formula is C23H26ClFN2O2S. The Hall–Kier alpha value is -1.89. The molecule has 0 radical (unpaired) electrons. The fourth-order valence-electron chi connectivity index (χ4n) is 3.65. The first-order chi connectivity index (χ1) is 14.7. The van der Waals surface area contributed by atoms with E-state index >= 15 is 0 Å². The van der Waals surface area contributed by atoms with Crippen LogP contribution in [0.1, 0.15) is 19.3 Å². The van der Waals surface area contributed by atoms with Crippen LogP contribution in [0.4, 0.5) is 4.39 Å². The minimum atomic E-state index is -0.292. The highest BCUT2D eigenvalue weighted by Crippen LogP contribution is 2.29. The van der Waals surface area contributed by atoms with Crippen molar-refractivity contribution in [1.29, 1.82) is 0 Å². The minimum Gasteiger partial charge on any atom is -0.456 e. The fraction of sp³-hybridized carbons (Fsp3) is 0.391. The number of piperazine rings is 1. The maximum atomic E-state index is 13.1. The Bertz CT molecular complexity index is 876. The van der Waals surface area contributed by atoms with E-state index in [1.54, 1.807) is 30.4 Å². The Labute approximate surface area is 186 Å². The molecule has 30 heavy (non-hydrogen) atoms. The lowest BCUT2D eigenvalue weighted by Gasteiger charge is -2.36. The second-order valence-corrected chi connectivity index (χ2v) is 8.98. The van der Waals surface area contributed by atoms with Gasteiger partial charge in [0.25, 0.3) is 0 Å². The van der Waals surface area contributed by atoms with Crippen molar-refractivity contribution < 1.29 is 13.9 Å². The molecule has 0 spiro atoms. The van der Waals surface area contributed by atoms with Gasteiger partial charge in [-0.15, -0.1) is 11.8 Å². The third kappa shape index (κ3) is 5.62. The molecule has 1 aromatic rings. The van der Waals surface area contributed by atoms with E-state index in [2.05, 4.69) is 28.0 Å². The first-order valence-electron chi connectivity index (χ1n) is 10.3. The average Bonchev–Trinajstić information content (AvgIpc) is 2.79. The SMILES string of the molecule is Fc1ccc(SCCCN2CCN(C3=COC(C4=CC=CCC4)=CO3)CC2)c(Cl)c1. The van der Waals surface area contributed by atoms with Gasteiger partial charge in [0.15, 0.2) is 12.0 Å². The number of nitrogens with zero attached hydrogens (tertiary/aromatic N) is 2. The molecule has 0 aromatic heterocycles. The first kappa shape index (κ1) is 21.3. The van der Waals surface area contributed by atoms with E-state index in [-0.39, 0.29) is 5.82 Å². The quantitative estimate of drug-likeness (QED) is 0.402. The minimum absolute atomic E-state index is 0.292. The third-order valence-corrected chi connectivity index (χ3v) is 6.94. The largest absolute Gasteiger partial charge is 0.456 e. The van der Waals surface area contributed by atoms with Crippen LogP contribution < -0.4 is 0 Å².